The molecular formula is C14H16BrN3. The normalized spacial score (nSPS) is 14.9. The summed E-state index contributed by atoms with van der Waals surface area (Å²) in [5.41, 5.74) is 2.23. The molecule has 0 atom stereocenters. The second-order valence-electron chi connectivity index (χ2n) is 4.70. The molecule has 18 heavy (non-hydrogen) atoms. The molecule has 2 aromatic rings. The number of hydrogen-bond donors (Lipinski definition) is 2. The largest absolute Gasteiger partial charge is 0.342 e. The summed E-state index contributed by atoms with van der Waals surface area (Å²) in [7, 11) is 0. The lowest BCUT2D eigenvalue weighted by atomic mass is 10.2. The summed E-state index contributed by atoms with van der Waals surface area (Å²) in [4.78, 5) is 7.82. The molecule has 2 N–H and O–H groups in total. The van der Waals surface area contributed by atoms with Crippen LogP contribution in [0.15, 0.2) is 34.9 Å². The number of halogens is 1. The molecule has 1 heterocycles. The maximum Gasteiger partial charge on any atom is 0.107 e. The van der Waals surface area contributed by atoms with Gasteiger partial charge in [0, 0.05) is 29.0 Å². The minimum atomic E-state index is 0.766. The molecule has 0 aliphatic heterocycles. The Morgan fingerprint density at radius 1 is 1.33 bits per heavy atom. The predicted octanol–water partition coefficient (Wildman–Crippen LogP) is 3.13. The Bertz CT molecular complexity index is 531. The topological polar surface area (TPSA) is 40.7 Å². The number of benzene rings is 1. The van der Waals surface area contributed by atoms with Crippen molar-refractivity contribution in [3.8, 4) is 11.3 Å². The number of nitrogens with one attached hydrogen (secondary N) is 2. The van der Waals surface area contributed by atoms with Gasteiger partial charge in [0.25, 0.3) is 0 Å². The van der Waals surface area contributed by atoms with Crippen LogP contribution < -0.4 is 5.32 Å². The molecule has 3 rings (SSSR count). The third-order valence-electron chi connectivity index (χ3n) is 3.16. The number of aromatic amines is 1. The summed E-state index contributed by atoms with van der Waals surface area (Å²) < 4.78 is 1.09. The van der Waals surface area contributed by atoms with Gasteiger partial charge in [0.1, 0.15) is 5.82 Å². The molecule has 1 aliphatic carbocycles. The molecule has 0 unspecified atom stereocenters. The highest BCUT2D eigenvalue weighted by atomic mass is 79.9. The van der Waals surface area contributed by atoms with Crippen LogP contribution in [0, 0.1) is 0 Å². The van der Waals surface area contributed by atoms with Gasteiger partial charge >= 0.3 is 0 Å². The van der Waals surface area contributed by atoms with Crippen molar-refractivity contribution >= 4 is 15.9 Å². The number of rotatable bonds is 5. The quantitative estimate of drug-likeness (QED) is 0.891. The van der Waals surface area contributed by atoms with Crippen LogP contribution in [0.5, 0.6) is 0 Å². The van der Waals surface area contributed by atoms with Gasteiger partial charge in [0.2, 0.25) is 0 Å². The van der Waals surface area contributed by atoms with Crippen molar-refractivity contribution < 1.29 is 0 Å². The second-order valence-corrected chi connectivity index (χ2v) is 5.56. The van der Waals surface area contributed by atoms with Crippen LogP contribution in [0.25, 0.3) is 11.3 Å². The molecule has 94 valence electrons. The van der Waals surface area contributed by atoms with E-state index in [-0.39, 0.29) is 0 Å². The van der Waals surface area contributed by atoms with Gasteiger partial charge in [0.15, 0.2) is 0 Å². The average molecular weight is 306 g/mol. The first-order chi connectivity index (χ1) is 8.83. The second kappa shape index (κ2) is 5.24. The van der Waals surface area contributed by atoms with E-state index >= 15 is 0 Å². The third-order valence-corrected chi connectivity index (χ3v) is 3.86. The molecule has 1 saturated carbocycles. The van der Waals surface area contributed by atoms with Gasteiger partial charge < -0.3 is 10.3 Å². The first kappa shape index (κ1) is 11.9. The van der Waals surface area contributed by atoms with Gasteiger partial charge in [-0.25, -0.2) is 4.98 Å². The van der Waals surface area contributed by atoms with Crippen molar-refractivity contribution in [2.45, 2.75) is 25.3 Å². The van der Waals surface area contributed by atoms with Gasteiger partial charge in [-0.3, -0.25) is 0 Å². The number of aromatic nitrogens is 2. The van der Waals surface area contributed by atoms with Crippen molar-refractivity contribution in [3.63, 3.8) is 0 Å². The van der Waals surface area contributed by atoms with E-state index in [9.17, 15) is 0 Å². The molecule has 1 aliphatic rings. The Balaban J connectivity index is 1.66. The van der Waals surface area contributed by atoms with E-state index in [4.69, 9.17) is 0 Å². The predicted molar refractivity (Wildman–Crippen MR) is 76.5 cm³/mol. The van der Waals surface area contributed by atoms with E-state index < -0.39 is 0 Å². The number of H-pyrrole nitrogens is 1. The fraction of sp³-hybridized carbons (Fsp3) is 0.357. The molecule has 0 amide bonds. The number of hydrogen-bond acceptors (Lipinski definition) is 2. The van der Waals surface area contributed by atoms with Crippen LogP contribution in [0.2, 0.25) is 0 Å². The Kier molecular flexibility index (Phi) is 3.48. The molecule has 1 aromatic carbocycles. The minimum Gasteiger partial charge on any atom is -0.342 e. The van der Waals surface area contributed by atoms with E-state index in [2.05, 4.69) is 37.3 Å². The van der Waals surface area contributed by atoms with E-state index in [0.717, 1.165) is 40.6 Å². The van der Waals surface area contributed by atoms with Crippen molar-refractivity contribution in [3.05, 3.63) is 40.8 Å². The smallest absolute Gasteiger partial charge is 0.107 e. The summed E-state index contributed by atoms with van der Waals surface area (Å²) >= 11 is 3.56. The van der Waals surface area contributed by atoms with Crippen LogP contribution >= 0.6 is 15.9 Å². The summed E-state index contributed by atoms with van der Waals surface area (Å²) in [6.45, 7) is 1.01. The Morgan fingerprint density at radius 2 is 2.17 bits per heavy atom. The summed E-state index contributed by atoms with van der Waals surface area (Å²) in [6.07, 6.45) is 5.54. The monoisotopic (exact) mass is 305 g/mol. The molecule has 0 spiro atoms. The number of nitrogens with zero attached hydrogens (tertiary/aromatic N) is 1. The van der Waals surface area contributed by atoms with E-state index in [0.29, 0.717) is 0 Å². The molecule has 0 radical (unpaired) electrons. The first-order valence-electron chi connectivity index (χ1n) is 6.35. The number of imidazole rings is 1. The molecule has 3 nitrogen and oxygen atoms in total. The molecule has 4 heteroatoms. The maximum absolute atomic E-state index is 4.43. The van der Waals surface area contributed by atoms with Gasteiger partial charge in [-0.1, -0.05) is 34.1 Å². The van der Waals surface area contributed by atoms with E-state index in [1.165, 1.54) is 12.8 Å². The zero-order chi connectivity index (χ0) is 12.4. The fourth-order valence-electron chi connectivity index (χ4n) is 1.99. The molecule has 1 fully saturated rings. The Hall–Kier alpha value is -1.13. The molecule has 0 bridgehead atoms. The summed E-state index contributed by atoms with van der Waals surface area (Å²) in [5.74, 6) is 1.05. The zero-order valence-electron chi connectivity index (χ0n) is 10.1. The maximum atomic E-state index is 4.43. The standard InChI is InChI=1S/C14H16BrN3/c15-12-4-2-1-3-11(12)13-9-17-14(18-13)7-8-16-10-5-6-10/h1-4,9-10,16H,5-8H2,(H,17,18). The lowest BCUT2D eigenvalue weighted by molar-refractivity contribution is 0.669. The van der Waals surface area contributed by atoms with Crippen LogP contribution in [0.4, 0.5) is 0 Å². The molecule has 0 saturated heterocycles. The van der Waals surface area contributed by atoms with E-state index in [1.807, 2.05) is 24.4 Å². The minimum absolute atomic E-state index is 0.766. The first-order valence-corrected chi connectivity index (χ1v) is 7.14. The van der Waals surface area contributed by atoms with Crippen molar-refractivity contribution in [1.29, 1.82) is 0 Å². The highest BCUT2D eigenvalue weighted by Crippen LogP contribution is 2.26. The van der Waals surface area contributed by atoms with Gasteiger partial charge in [-0.05, 0) is 18.9 Å². The summed E-state index contributed by atoms with van der Waals surface area (Å²) in [5, 5.41) is 3.50. The lowest BCUT2D eigenvalue weighted by Gasteiger charge is -2.01. The zero-order valence-corrected chi connectivity index (χ0v) is 11.7. The van der Waals surface area contributed by atoms with Gasteiger partial charge in [0.05, 0.1) is 11.9 Å². The van der Waals surface area contributed by atoms with Crippen molar-refractivity contribution in [1.82, 2.24) is 15.3 Å². The van der Waals surface area contributed by atoms with E-state index in [1.54, 1.807) is 0 Å². The highest BCUT2D eigenvalue weighted by molar-refractivity contribution is 9.10. The van der Waals surface area contributed by atoms with Crippen LogP contribution in [-0.4, -0.2) is 22.6 Å². The van der Waals surface area contributed by atoms with Crippen molar-refractivity contribution in [2.24, 2.45) is 0 Å². The van der Waals surface area contributed by atoms with Crippen LogP contribution in [0.3, 0.4) is 0 Å². The average Bonchev–Trinajstić information content (AvgIpc) is 3.08. The highest BCUT2D eigenvalue weighted by Gasteiger charge is 2.19. The van der Waals surface area contributed by atoms with Gasteiger partial charge in [-0.2, -0.15) is 0 Å². The Labute approximate surface area is 115 Å². The lowest BCUT2D eigenvalue weighted by Crippen LogP contribution is -2.19. The summed E-state index contributed by atoms with van der Waals surface area (Å²) in [6, 6.07) is 8.95. The SMILES string of the molecule is Brc1ccccc1-c1cnc(CCNC2CC2)[nH]1. The fourth-order valence-corrected chi connectivity index (χ4v) is 2.49. The molecule has 1 aromatic heterocycles. The van der Waals surface area contributed by atoms with Crippen LogP contribution in [0.1, 0.15) is 18.7 Å². The van der Waals surface area contributed by atoms with Gasteiger partial charge in [-0.15, -0.1) is 0 Å². The third kappa shape index (κ3) is 2.82. The van der Waals surface area contributed by atoms with Crippen molar-refractivity contribution in [2.75, 3.05) is 6.54 Å². The van der Waals surface area contributed by atoms with Crippen LogP contribution in [-0.2, 0) is 6.42 Å². The Morgan fingerprint density at radius 3 is 2.94 bits per heavy atom. The molecular weight excluding hydrogens is 290 g/mol.